The summed E-state index contributed by atoms with van der Waals surface area (Å²) < 4.78 is 0. The van der Waals surface area contributed by atoms with Crippen LogP contribution in [0.5, 0.6) is 0 Å². The Hall–Kier alpha value is -3.03. The van der Waals surface area contributed by atoms with E-state index in [1.165, 1.54) is 6.92 Å². The van der Waals surface area contributed by atoms with Gasteiger partial charge >= 0.3 is 0 Å². The first-order chi connectivity index (χ1) is 13.8. The van der Waals surface area contributed by atoms with Crippen molar-refractivity contribution in [2.75, 3.05) is 0 Å². The first kappa shape index (κ1) is 24.0. The molecule has 1 rings (SSSR count). The van der Waals surface area contributed by atoms with Crippen LogP contribution in [-0.2, 0) is 25.7 Å². The van der Waals surface area contributed by atoms with Crippen molar-refractivity contribution in [3.05, 3.63) is 35.9 Å². The summed E-state index contributed by atoms with van der Waals surface area (Å²) in [6.07, 6.45) is 1.38. The van der Waals surface area contributed by atoms with Gasteiger partial charge in [-0.25, -0.2) is 0 Å². The Morgan fingerprint density at radius 2 is 1.72 bits per heavy atom. The highest BCUT2D eigenvalue weighted by atomic mass is 16.2. The zero-order chi connectivity index (χ0) is 21.8. The van der Waals surface area contributed by atoms with Crippen molar-refractivity contribution >= 4 is 29.7 Å². The molecule has 0 fully saturated rings. The van der Waals surface area contributed by atoms with E-state index in [9.17, 15) is 19.2 Å². The number of hydrogen-bond donors (Lipinski definition) is 4. The number of amides is 3. The van der Waals surface area contributed by atoms with E-state index in [0.29, 0.717) is 12.6 Å². The predicted octanol–water partition coefficient (Wildman–Crippen LogP) is 1.34. The van der Waals surface area contributed by atoms with E-state index in [2.05, 4.69) is 16.0 Å². The van der Waals surface area contributed by atoms with Crippen LogP contribution in [0.1, 0.15) is 45.6 Å². The number of hydrogen-bond acceptors (Lipinski definition) is 5. The molecule has 0 aromatic heterocycles. The summed E-state index contributed by atoms with van der Waals surface area (Å²) in [4.78, 5) is 48.4. The van der Waals surface area contributed by atoms with Crippen LogP contribution in [-0.4, -0.2) is 41.8 Å². The summed E-state index contributed by atoms with van der Waals surface area (Å²) >= 11 is 0. The fraction of sp³-hybridized carbons (Fsp3) is 0.476. The molecule has 1 unspecified atom stereocenters. The molecular weight excluding hydrogens is 372 g/mol. The topological polar surface area (TPSA) is 128 Å². The van der Waals surface area contributed by atoms with Crippen molar-refractivity contribution in [2.24, 2.45) is 5.92 Å². The van der Waals surface area contributed by atoms with Crippen LogP contribution in [0, 0.1) is 11.3 Å². The van der Waals surface area contributed by atoms with E-state index < -0.39 is 29.7 Å². The van der Waals surface area contributed by atoms with Crippen molar-refractivity contribution in [3.63, 3.8) is 0 Å². The summed E-state index contributed by atoms with van der Waals surface area (Å²) in [5.41, 5.74) is 0.900. The van der Waals surface area contributed by atoms with Crippen LogP contribution in [0.2, 0.25) is 0 Å². The van der Waals surface area contributed by atoms with Gasteiger partial charge in [-0.05, 0) is 17.9 Å². The van der Waals surface area contributed by atoms with Gasteiger partial charge in [0, 0.05) is 19.9 Å². The number of benzene rings is 1. The third-order valence-electron chi connectivity index (χ3n) is 4.64. The SMILES string of the molecule is CCC(C)[C@H](NC(C)=O)C(=O)N[C@@H](CCC(=O)C=N)C(=O)NCc1ccccc1. The zero-order valence-electron chi connectivity index (χ0n) is 17.2. The molecular formula is C21H30N4O4. The van der Waals surface area contributed by atoms with Crippen molar-refractivity contribution in [2.45, 2.75) is 58.7 Å². The summed E-state index contributed by atoms with van der Waals surface area (Å²) in [6, 6.07) is 7.58. The van der Waals surface area contributed by atoms with E-state index in [1.54, 1.807) is 0 Å². The molecule has 0 saturated heterocycles. The molecule has 8 nitrogen and oxygen atoms in total. The van der Waals surface area contributed by atoms with Gasteiger partial charge in [-0.1, -0.05) is 50.6 Å². The number of nitrogens with one attached hydrogen (secondary N) is 4. The minimum Gasteiger partial charge on any atom is -0.350 e. The molecule has 4 N–H and O–H groups in total. The van der Waals surface area contributed by atoms with Gasteiger partial charge in [0.1, 0.15) is 12.1 Å². The second-order valence-corrected chi connectivity index (χ2v) is 6.98. The Morgan fingerprint density at radius 1 is 1.07 bits per heavy atom. The van der Waals surface area contributed by atoms with E-state index in [1.807, 2.05) is 44.2 Å². The highest BCUT2D eigenvalue weighted by Crippen LogP contribution is 2.10. The maximum atomic E-state index is 12.7. The van der Waals surface area contributed by atoms with Crippen molar-refractivity contribution in [1.29, 1.82) is 5.41 Å². The molecule has 29 heavy (non-hydrogen) atoms. The highest BCUT2D eigenvalue weighted by molar-refractivity contribution is 6.26. The Balaban J connectivity index is 2.86. The Bertz CT molecular complexity index is 721. The highest BCUT2D eigenvalue weighted by Gasteiger charge is 2.29. The van der Waals surface area contributed by atoms with Gasteiger partial charge in [0.15, 0.2) is 5.78 Å². The van der Waals surface area contributed by atoms with Crippen molar-refractivity contribution in [1.82, 2.24) is 16.0 Å². The van der Waals surface area contributed by atoms with E-state index in [-0.39, 0.29) is 31.2 Å². The molecule has 158 valence electrons. The monoisotopic (exact) mass is 402 g/mol. The predicted molar refractivity (Wildman–Crippen MR) is 110 cm³/mol. The summed E-state index contributed by atoms with van der Waals surface area (Å²) in [7, 11) is 0. The molecule has 8 heteroatoms. The lowest BCUT2D eigenvalue weighted by atomic mass is 9.97. The second-order valence-electron chi connectivity index (χ2n) is 6.98. The van der Waals surface area contributed by atoms with Gasteiger partial charge in [-0.3, -0.25) is 19.2 Å². The van der Waals surface area contributed by atoms with Crippen molar-refractivity contribution < 1.29 is 19.2 Å². The lowest BCUT2D eigenvalue weighted by Gasteiger charge is -2.26. The van der Waals surface area contributed by atoms with Crippen LogP contribution in [0.25, 0.3) is 0 Å². The third kappa shape index (κ3) is 8.68. The second kappa shape index (κ2) is 12.4. The third-order valence-corrected chi connectivity index (χ3v) is 4.64. The van der Waals surface area contributed by atoms with E-state index >= 15 is 0 Å². The molecule has 0 aliphatic carbocycles. The Kier molecular flexibility index (Phi) is 10.3. The number of Topliss-reactive ketones (excluding diaryl/α,β-unsaturated/α-hetero) is 1. The molecule has 0 bridgehead atoms. The van der Waals surface area contributed by atoms with Crippen LogP contribution in [0.3, 0.4) is 0 Å². The van der Waals surface area contributed by atoms with Crippen molar-refractivity contribution in [3.8, 4) is 0 Å². The average Bonchev–Trinajstić information content (AvgIpc) is 2.72. The summed E-state index contributed by atoms with van der Waals surface area (Å²) in [5.74, 6) is -1.80. The summed E-state index contributed by atoms with van der Waals surface area (Å²) in [6.45, 7) is 5.35. The maximum Gasteiger partial charge on any atom is 0.243 e. The molecule has 1 aromatic carbocycles. The summed E-state index contributed by atoms with van der Waals surface area (Å²) in [5, 5.41) is 15.1. The number of carbonyl (C=O) groups excluding carboxylic acids is 4. The van der Waals surface area contributed by atoms with Gasteiger partial charge in [0.05, 0.1) is 6.21 Å². The first-order valence-corrected chi connectivity index (χ1v) is 9.70. The average molecular weight is 402 g/mol. The van der Waals surface area contributed by atoms with Crippen LogP contribution in [0.15, 0.2) is 30.3 Å². The van der Waals surface area contributed by atoms with Crippen LogP contribution < -0.4 is 16.0 Å². The lowest BCUT2D eigenvalue weighted by molar-refractivity contribution is -0.133. The van der Waals surface area contributed by atoms with Crippen LogP contribution in [0.4, 0.5) is 0 Å². The first-order valence-electron chi connectivity index (χ1n) is 9.70. The molecule has 0 radical (unpaired) electrons. The largest absolute Gasteiger partial charge is 0.350 e. The minimum atomic E-state index is -0.949. The van der Waals surface area contributed by atoms with E-state index in [0.717, 1.165) is 5.56 Å². The van der Waals surface area contributed by atoms with Crippen LogP contribution >= 0.6 is 0 Å². The molecule has 0 heterocycles. The Morgan fingerprint density at radius 3 is 2.28 bits per heavy atom. The number of carbonyl (C=O) groups is 4. The smallest absolute Gasteiger partial charge is 0.243 e. The fourth-order valence-electron chi connectivity index (χ4n) is 2.72. The van der Waals surface area contributed by atoms with E-state index in [4.69, 9.17) is 5.41 Å². The molecule has 0 aliphatic rings. The van der Waals surface area contributed by atoms with Gasteiger partial charge < -0.3 is 21.4 Å². The molecule has 1 aromatic rings. The van der Waals surface area contributed by atoms with Gasteiger partial charge in [-0.2, -0.15) is 0 Å². The standard InChI is InChI=1S/C21H30N4O4/c1-4-14(2)19(24-15(3)26)21(29)25-18(11-10-17(27)12-22)20(28)23-13-16-8-6-5-7-9-16/h5-9,12,14,18-19,22H,4,10-11,13H2,1-3H3,(H,23,28)(H,24,26)(H,25,29)/t14?,18-,19-/m0/s1. The normalized spacial score (nSPS) is 13.5. The molecule has 0 aliphatic heterocycles. The molecule has 3 amide bonds. The maximum absolute atomic E-state index is 12.7. The number of rotatable bonds is 12. The van der Waals surface area contributed by atoms with Gasteiger partial charge in [0.25, 0.3) is 0 Å². The number of ketones is 1. The Labute approximate surface area is 171 Å². The minimum absolute atomic E-state index is 0.0403. The fourth-order valence-corrected chi connectivity index (χ4v) is 2.72. The molecule has 3 atom stereocenters. The lowest BCUT2D eigenvalue weighted by Crippen LogP contribution is -2.55. The molecule has 0 saturated carbocycles. The van der Waals surface area contributed by atoms with Gasteiger partial charge in [-0.15, -0.1) is 0 Å². The molecule has 0 spiro atoms. The quantitative estimate of drug-likeness (QED) is 0.393. The van der Waals surface area contributed by atoms with Gasteiger partial charge in [0.2, 0.25) is 17.7 Å². The zero-order valence-corrected chi connectivity index (χ0v) is 17.2.